The Morgan fingerprint density at radius 2 is 1.81 bits per heavy atom. The molecule has 0 fully saturated rings. The molecule has 0 radical (unpaired) electrons. The number of pyridine rings is 1. The minimum absolute atomic E-state index is 0.350. The number of aromatic amines is 1. The molecule has 0 spiro atoms. The highest BCUT2D eigenvalue weighted by atomic mass is 15.2. The summed E-state index contributed by atoms with van der Waals surface area (Å²) in [6, 6.07) is 10.3. The van der Waals surface area contributed by atoms with Crippen LogP contribution in [0.1, 0.15) is 45.0 Å². The fourth-order valence-corrected chi connectivity index (χ4v) is 3.94. The number of H-pyrrole nitrogens is 1. The third-order valence-corrected chi connectivity index (χ3v) is 5.69. The quantitative estimate of drug-likeness (QED) is 0.402. The number of nitrogens with one attached hydrogen (secondary N) is 4. The molecular formula is C24H37N7+2. The fourth-order valence-electron chi connectivity index (χ4n) is 3.94. The van der Waals surface area contributed by atoms with E-state index in [2.05, 4.69) is 46.4 Å². The first-order chi connectivity index (χ1) is 14.9. The molecule has 0 aliphatic carbocycles. The summed E-state index contributed by atoms with van der Waals surface area (Å²) in [5, 5.41) is 7.91. The van der Waals surface area contributed by atoms with Gasteiger partial charge in [0.2, 0.25) is 5.82 Å². The maximum Gasteiger partial charge on any atom is 0.345 e. The van der Waals surface area contributed by atoms with Crippen LogP contribution in [0.15, 0.2) is 30.3 Å². The molecule has 7 heteroatoms. The van der Waals surface area contributed by atoms with Gasteiger partial charge in [-0.2, -0.15) is 0 Å². The molecule has 166 valence electrons. The number of nitrogen functional groups attached to an aromatic ring is 1. The molecule has 31 heavy (non-hydrogen) atoms. The van der Waals surface area contributed by atoms with Gasteiger partial charge in [0.1, 0.15) is 5.69 Å². The lowest BCUT2D eigenvalue weighted by Gasteiger charge is -2.16. The Balaban J connectivity index is 1.67. The number of aryl methyl sites for hydroxylation is 2. The second-order valence-electron chi connectivity index (χ2n) is 8.39. The number of aromatic nitrogens is 3. The molecule has 0 saturated carbocycles. The number of nitrogens with two attached hydrogens (primary N) is 1. The molecular weight excluding hydrogens is 386 g/mol. The first-order valence-corrected chi connectivity index (χ1v) is 11.3. The Bertz CT molecular complexity index is 1010. The normalized spacial score (nSPS) is 12.3. The van der Waals surface area contributed by atoms with Gasteiger partial charge in [-0.1, -0.05) is 0 Å². The summed E-state index contributed by atoms with van der Waals surface area (Å²) in [5.41, 5.74) is 10.7. The van der Waals surface area contributed by atoms with E-state index in [-0.39, 0.29) is 0 Å². The van der Waals surface area contributed by atoms with E-state index < -0.39 is 0 Å². The zero-order valence-electron chi connectivity index (χ0n) is 19.5. The second-order valence-corrected chi connectivity index (χ2v) is 8.39. The van der Waals surface area contributed by atoms with E-state index in [0.29, 0.717) is 6.04 Å². The molecule has 6 N–H and O–H groups in total. The standard InChI is InChI=1S/C24H35N7/c1-6-31(7-2)12-8-9-16(3)27-24-28-18(5)14-23(30-24)29-19-10-11-22-20(15-19)21(25)13-17(4)26-22/h10-11,13-16H,6-9,12H2,1-5H3,(H2,25,26)(H2,27,28,29,30)/p+2/t16-/m1/s1. The molecule has 0 bridgehead atoms. The summed E-state index contributed by atoms with van der Waals surface area (Å²) >= 11 is 0. The third kappa shape index (κ3) is 6.28. The van der Waals surface area contributed by atoms with Crippen LogP contribution in [0.25, 0.3) is 10.9 Å². The summed E-state index contributed by atoms with van der Waals surface area (Å²) in [4.78, 5) is 14.2. The number of hydrogen-bond donors (Lipinski definition) is 4. The lowest BCUT2D eigenvalue weighted by molar-refractivity contribution is -0.896. The first-order valence-electron chi connectivity index (χ1n) is 11.3. The van der Waals surface area contributed by atoms with E-state index in [9.17, 15) is 0 Å². The Morgan fingerprint density at radius 3 is 2.55 bits per heavy atom. The highest BCUT2D eigenvalue weighted by Gasteiger charge is 2.14. The Kier molecular flexibility index (Phi) is 7.63. The molecule has 3 aromatic rings. The van der Waals surface area contributed by atoms with Crippen molar-refractivity contribution >= 4 is 34.0 Å². The Labute approximate surface area is 185 Å². The average Bonchev–Trinajstić information content (AvgIpc) is 2.71. The van der Waals surface area contributed by atoms with Crippen molar-refractivity contribution in [3.8, 4) is 0 Å². The van der Waals surface area contributed by atoms with Crippen LogP contribution in [0.4, 0.5) is 23.1 Å². The Hall–Kier alpha value is -2.93. The van der Waals surface area contributed by atoms with E-state index >= 15 is 0 Å². The van der Waals surface area contributed by atoms with Gasteiger partial charge in [0, 0.05) is 22.8 Å². The monoisotopic (exact) mass is 423 g/mol. The summed E-state index contributed by atoms with van der Waals surface area (Å²) in [7, 11) is 0. The van der Waals surface area contributed by atoms with Crippen LogP contribution < -0.4 is 26.3 Å². The van der Waals surface area contributed by atoms with Crippen LogP contribution in [0.5, 0.6) is 0 Å². The van der Waals surface area contributed by atoms with Crippen molar-refractivity contribution in [2.75, 3.05) is 36.0 Å². The molecule has 0 amide bonds. The maximum atomic E-state index is 6.20. The molecule has 7 nitrogen and oxygen atoms in total. The molecule has 0 aliphatic heterocycles. The highest BCUT2D eigenvalue weighted by molar-refractivity contribution is 5.93. The van der Waals surface area contributed by atoms with Crippen molar-refractivity contribution in [3.63, 3.8) is 0 Å². The van der Waals surface area contributed by atoms with E-state index in [0.717, 1.165) is 51.9 Å². The third-order valence-electron chi connectivity index (χ3n) is 5.69. The van der Waals surface area contributed by atoms with Crippen molar-refractivity contribution in [1.82, 2.24) is 9.97 Å². The van der Waals surface area contributed by atoms with Gasteiger partial charge in [0.25, 0.3) is 0 Å². The number of benzene rings is 1. The highest BCUT2D eigenvalue weighted by Crippen LogP contribution is 2.25. The zero-order chi connectivity index (χ0) is 22.4. The van der Waals surface area contributed by atoms with E-state index in [1.54, 1.807) is 4.90 Å². The number of anilines is 4. The number of rotatable bonds is 10. The van der Waals surface area contributed by atoms with Gasteiger partial charge in [-0.05, 0) is 71.7 Å². The zero-order valence-corrected chi connectivity index (χ0v) is 19.5. The van der Waals surface area contributed by atoms with Gasteiger partial charge in [0.15, 0.2) is 0 Å². The van der Waals surface area contributed by atoms with Gasteiger partial charge in [-0.3, -0.25) is 15.6 Å². The van der Waals surface area contributed by atoms with Crippen LogP contribution in [-0.4, -0.2) is 35.6 Å². The van der Waals surface area contributed by atoms with Gasteiger partial charge in [-0.25, -0.2) is 4.98 Å². The topological polar surface area (TPSA) is 94.4 Å². The molecule has 0 saturated heterocycles. The summed E-state index contributed by atoms with van der Waals surface area (Å²) in [6.45, 7) is 14.3. The van der Waals surface area contributed by atoms with Crippen molar-refractivity contribution in [2.24, 2.45) is 0 Å². The van der Waals surface area contributed by atoms with Gasteiger partial charge < -0.3 is 10.6 Å². The summed E-state index contributed by atoms with van der Waals surface area (Å²) in [5.74, 6) is 1.66. The molecule has 1 atom stereocenters. The van der Waals surface area contributed by atoms with E-state index in [4.69, 9.17) is 5.73 Å². The lowest BCUT2D eigenvalue weighted by Crippen LogP contribution is -3.11. The summed E-state index contributed by atoms with van der Waals surface area (Å²) in [6.07, 6.45) is 2.32. The van der Waals surface area contributed by atoms with Crippen LogP contribution in [0.3, 0.4) is 0 Å². The van der Waals surface area contributed by atoms with Crippen LogP contribution >= 0.6 is 0 Å². The van der Waals surface area contributed by atoms with E-state index in [1.165, 1.54) is 26.1 Å². The van der Waals surface area contributed by atoms with Crippen molar-refractivity contribution in [1.29, 1.82) is 0 Å². The van der Waals surface area contributed by atoms with Crippen molar-refractivity contribution in [2.45, 2.75) is 53.5 Å². The minimum Gasteiger partial charge on any atom is -0.398 e. The minimum atomic E-state index is 0.350. The maximum absolute atomic E-state index is 6.20. The van der Waals surface area contributed by atoms with Crippen LogP contribution in [0, 0.1) is 13.8 Å². The number of fused-ring (bicyclic) bond motifs is 1. The largest absolute Gasteiger partial charge is 0.398 e. The SMILES string of the molecule is CC[NH+](CC)CCC[C@@H](C)Nc1nc(C)cc(Nc2ccc3nc(C)cc(N)c3c2)[nH+]1. The van der Waals surface area contributed by atoms with E-state index in [1.807, 2.05) is 44.2 Å². The molecule has 0 unspecified atom stereocenters. The van der Waals surface area contributed by atoms with Crippen molar-refractivity contribution < 1.29 is 9.88 Å². The van der Waals surface area contributed by atoms with Crippen LogP contribution in [-0.2, 0) is 0 Å². The first kappa shape index (κ1) is 22.7. The predicted octanol–water partition coefficient (Wildman–Crippen LogP) is 2.89. The van der Waals surface area contributed by atoms with Gasteiger partial charge >= 0.3 is 5.95 Å². The molecule has 2 heterocycles. The van der Waals surface area contributed by atoms with Gasteiger partial charge in [-0.15, -0.1) is 4.98 Å². The predicted molar refractivity (Wildman–Crippen MR) is 129 cm³/mol. The Morgan fingerprint density at radius 1 is 1.06 bits per heavy atom. The molecule has 3 rings (SSSR count). The summed E-state index contributed by atoms with van der Waals surface area (Å²) < 4.78 is 0. The molecule has 0 aliphatic rings. The number of hydrogen-bond acceptors (Lipinski definition) is 5. The second kappa shape index (κ2) is 10.4. The number of quaternary nitrogens is 1. The smallest absolute Gasteiger partial charge is 0.345 e. The molecule has 2 aromatic heterocycles. The average molecular weight is 424 g/mol. The number of nitrogens with zero attached hydrogens (tertiary/aromatic N) is 2. The fraction of sp³-hybridized carbons (Fsp3) is 0.458. The lowest BCUT2D eigenvalue weighted by atomic mass is 10.1. The van der Waals surface area contributed by atoms with Crippen molar-refractivity contribution in [3.05, 3.63) is 41.7 Å². The van der Waals surface area contributed by atoms with Gasteiger partial charge in [0.05, 0.1) is 36.9 Å². The van der Waals surface area contributed by atoms with Crippen LogP contribution in [0.2, 0.25) is 0 Å². The molecule has 1 aromatic carbocycles.